The maximum Gasteiger partial charge on any atom is 0.393 e. The Labute approximate surface area is 247 Å². The van der Waals surface area contributed by atoms with Gasteiger partial charge in [-0.2, -0.15) is 13.2 Å². The molecule has 0 spiro atoms. The smallest absolute Gasteiger partial charge is 0.370 e. The highest BCUT2D eigenvalue weighted by Gasteiger charge is 2.43. The summed E-state index contributed by atoms with van der Waals surface area (Å²) in [4.78, 5) is 18.6. The molecular weight excluding hydrogens is 614 g/mol. The summed E-state index contributed by atoms with van der Waals surface area (Å²) in [5.41, 5.74) is 2.41. The molecule has 2 fully saturated rings. The number of carbonyl (C=O) groups excluding carboxylic acids is 1. The van der Waals surface area contributed by atoms with E-state index in [4.69, 9.17) is 34.8 Å². The van der Waals surface area contributed by atoms with Crippen LogP contribution in [0.4, 0.5) is 39.3 Å². The van der Waals surface area contributed by atoms with Crippen molar-refractivity contribution in [1.29, 1.82) is 0 Å². The van der Waals surface area contributed by atoms with Gasteiger partial charge < -0.3 is 20.1 Å². The van der Waals surface area contributed by atoms with Gasteiger partial charge in [0.25, 0.3) is 5.92 Å². The monoisotopic (exact) mass is 638 g/mol. The second kappa shape index (κ2) is 11.3. The van der Waals surface area contributed by atoms with Crippen molar-refractivity contribution in [1.82, 2.24) is 20.2 Å². The number of carbonyl (C=O) groups is 1. The third kappa shape index (κ3) is 6.30. The number of piperidine rings is 1. The molecule has 41 heavy (non-hydrogen) atoms. The average Bonchev–Trinajstić information content (AvgIpc) is 3.42. The summed E-state index contributed by atoms with van der Waals surface area (Å²) in [6.07, 6.45) is -4.39. The molecule has 1 amide bonds. The maximum atomic E-state index is 13.4. The molecule has 3 heterocycles. The zero-order chi connectivity index (χ0) is 29.7. The van der Waals surface area contributed by atoms with Gasteiger partial charge in [-0.1, -0.05) is 40.9 Å². The lowest BCUT2D eigenvalue weighted by atomic mass is 9.97. The molecule has 0 aliphatic carbocycles. The number of nitrogens with zero attached hydrogens (tertiary/aromatic N) is 3. The van der Waals surface area contributed by atoms with Gasteiger partial charge in [-0.25, -0.2) is 13.8 Å². The molecule has 1 aromatic heterocycles. The van der Waals surface area contributed by atoms with Crippen LogP contribution in [0.15, 0.2) is 24.3 Å². The number of imidazole rings is 1. The molecule has 2 aliphatic rings. The Balaban J connectivity index is 1.36. The van der Waals surface area contributed by atoms with Gasteiger partial charge in [0.15, 0.2) is 0 Å². The molecule has 0 radical (unpaired) electrons. The molecule has 2 saturated heterocycles. The number of fused-ring (bicyclic) bond motifs is 1. The topological polar surface area (TPSA) is 74.2 Å². The van der Waals surface area contributed by atoms with E-state index >= 15 is 0 Å². The number of amides is 1. The van der Waals surface area contributed by atoms with Crippen molar-refractivity contribution in [2.45, 2.75) is 43.9 Å². The minimum absolute atomic E-state index is 0.0243. The molecule has 2 aromatic carbocycles. The highest BCUT2D eigenvalue weighted by atomic mass is 35.5. The second-order valence-corrected chi connectivity index (χ2v) is 11.5. The Morgan fingerprint density at radius 3 is 2.63 bits per heavy atom. The second-order valence-electron chi connectivity index (χ2n) is 10.3. The minimum atomic E-state index is -4.28. The van der Waals surface area contributed by atoms with E-state index < -0.39 is 42.9 Å². The number of nitrogens with one attached hydrogen (secondary N) is 3. The lowest BCUT2D eigenvalue weighted by Gasteiger charge is -2.35. The zero-order valence-corrected chi connectivity index (χ0v) is 24.0. The van der Waals surface area contributed by atoms with E-state index in [1.54, 1.807) is 40.8 Å². The van der Waals surface area contributed by atoms with E-state index in [2.05, 4.69) is 20.9 Å². The summed E-state index contributed by atoms with van der Waals surface area (Å²) in [7, 11) is 1.72. The maximum absolute atomic E-state index is 13.4. The van der Waals surface area contributed by atoms with Crippen LogP contribution in [0.3, 0.4) is 0 Å². The Kier molecular flexibility index (Phi) is 8.23. The van der Waals surface area contributed by atoms with Crippen LogP contribution in [0.1, 0.15) is 24.8 Å². The van der Waals surface area contributed by atoms with Crippen LogP contribution in [0, 0.1) is 5.92 Å². The van der Waals surface area contributed by atoms with Crippen LogP contribution in [0.25, 0.3) is 11.0 Å². The van der Waals surface area contributed by atoms with Crippen molar-refractivity contribution in [3.63, 3.8) is 0 Å². The molecule has 15 heteroatoms. The van der Waals surface area contributed by atoms with Crippen LogP contribution >= 0.6 is 34.8 Å². The predicted octanol–water partition coefficient (Wildman–Crippen LogP) is 6.67. The highest BCUT2D eigenvalue weighted by Crippen LogP contribution is 2.40. The molecule has 7 nitrogen and oxygen atoms in total. The van der Waals surface area contributed by atoms with Crippen molar-refractivity contribution in [2.24, 2.45) is 13.0 Å². The van der Waals surface area contributed by atoms with Gasteiger partial charge in [0, 0.05) is 33.1 Å². The predicted molar refractivity (Wildman–Crippen MR) is 150 cm³/mol. The highest BCUT2D eigenvalue weighted by molar-refractivity contribution is 6.39. The Hall–Kier alpha value is -2.54. The first-order chi connectivity index (χ1) is 19.2. The van der Waals surface area contributed by atoms with Crippen LogP contribution in [0.5, 0.6) is 0 Å². The summed E-state index contributed by atoms with van der Waals surface area (Å²) in [5.74, 6) is -4.60. The van der Waals surface area contributed by atoms with E-state index in [-0.39, 0.29) is 34.6 Å². The van der Waals surface area contributed by atoms with Crippen LogP contribution in [-0.4, -0.2) is 53.2 Å². The third-order valence-corrected chi connectivity index (χ3v) is 8.51. The summed E-state index contributed by atoms with van der Waals surface area (Å²) < 4.78 is 68.8. The van der Waals surface area contributed by atoms with Gasteiger partial charge in [-0.3, -0.25) is 10.1 Å². The normalized spacial score (nSPS) is 21.0. The van der Waals surface area contributed by atoms with E-state index in [1.807, 2.05) is 0 Å². The SMILES string of the molecule is Cn1c(Nc2c(Cl)ccc(CNC(=O)C3CC(F)(F)CN3)c2Cl)nc2cc(Cl)c(N3CCCC(C(F)(F)F)C3)cc21. The fourth-order valence-electron chi connectivity index (χ4n) is 5.18. The first kappa shape index (κ1) is 29.9. The Morgan fingerprint density at radius 1 is 1.20 bits per heavy atom. The number of hydrogen-bond donors (Lipinski definition) is 3. The van der Waals surface area contributed by atoms with E-state index in [1.165, 1.54) is 0 Å². The van der Waals surface area contributed by atoms with Gasteiger partial charge in [0.2, 0.25) is 11.9 Å². The molecule has 5 rings (SSSR count). The Morgan fingerprint density at radius 2 is 1.95 bits per heavy atom. The molecule has 2 aliphatic heterocycles. The molecule has 3 aromatic rings. The quantitative estimate of drug-likeness (QED) is 0.263. The Bertz CT molecular complexity index is 1480. The third-order valence-electron chi connectivity index (χ3n) is 7.46. The van der Waals surface area contributed by atoms with Crippen LogP contribution in [0.2, 0.25) is 15.1 Å². The number of benzene rings is 2. The molecule has 2 unspecified atom stereocenters. The molecule has 0 saturated carbocycles. The lowest BCUT2D eigenvalue weighted by molar-refractivity contribution is -0.176. The van der Waals surface area contributed by atoms with Crippen molar-refractivity contribution in [2.75, 3.05) is 29.9 Å². The first-order valence-corrected chi connectivity index (χ1v) is 14.0. The van der Waals surface area contributed by atoms with E-state index in [9.17, 15) is 26.7 Å². The number of rotatable bonds is 6. The number of aromatic nitrogens is 2. The fourth-order valence-corrected chi connectivity index (χ4v) is 5.99. The van der Waals surface area contributed by atoms with Gasteiger partial charge in [-0.15, -0.1) is 0 Å². The van der Waals surface area contributed by atoms with Crippen molar-refractivity contribution >= 4 is 69.1 Å². The largest absolute Gasteiger partial charge is 0.393 e. The van der Waals surface area contributed by atoms with E-state index in [0.717, 1.165) is 0 Å². The van der Waals surface area contributed by atoms with Gasteiger partial charge >= 0.3 is 6.18 Å². The van der Waals surface area contributed by atoms with Crippen molar-refractivity contribution in [3.05, 3.63) is 44.9 Å². The summed E-state index contributed by atoms with van der Waals surface area (Å²) in [6, 6.07) is 5.49. The average molecular weight is 640 g/mol. The number of halogens is 8. The molecule has 222 valence electrons. The number of hydrogen-bond acceptors (Lipinski definition) is 5. The fraction of sp³-hybridized carbons (Fsp3) is 0.462. The summed E-state index contributed by atoms with van der Waals surface area (Å²) in [6.45, 7) is -0.304. The van der Waals surface area contributed by atoms with Crippen LogP contribution < -0.4 is 20.9 Å². The molecule has 0 bridgehead atoms. The van der Waals surface area contributed by atoms with Crippen molar-refractivity contribution < 1.29 is 26.7 Å². The number of aryl methyl sites for hydroxylation is 1. The number of anilines is 3. The standard InChI is InChI=1S/C26H26Cl3F5N6O/c1-39-20-8-19(40-6-2-3-14(11-40)26(32,33)34)16(28)7-17(20)37-24(39)38-22-15(27)5-4-13(21(22)29)10-35-23(41)18-9-25(30,31)12-36-18/h4-5,7-8,14,18,36H,2-3,6,9-12H2,1H3,(H,35,41)(H,37,38). The molecule has 2 atom stereocenters. The van der Waals surface area contributed by atoms with Gasteiger partial charge in [-0.05, 0) is 36.6 Å². The molecule has 3 N–H and O–H groups in total. The van der Waals surface area contributed by atoms with E-state index in [0.29, 0.717) is 46.9 Å². The summed E-state index contributed by atoms with van der Waals surface area (Å²) >= 11 is 19.5. The first-order valence-electron chi connectivity index (χ1n) is 12.8. The van der Waals surface area contributed by atoms with Crippen molar-refractivity contribution in [3.8, 4) is 0 Å². The van der Waals surface area contributed by atoms with Gasteiger partial charge in [0.05, 0.1) is 56.0 Å². The lowest BCUT2D eigenvalue weighted by Crippen LogP contribution is -2.41. The molecular formula is C26H26Cl3F5N6O. The summed E-state index contributed by atoms with van der Waals surface area (Å²) in [5, 5.41) is 8.96. The minimum Gasteiger partial charge on any atom is -0.370 e. The van der Waals surface area contributed by atoms with Gasteiger partial charge in [0.1, 0.15) is 0 Å². The zero-order valence-electron chi connectivity index (χ0n) is 21.7. The van der Waals surface area contributed by atoms with Crippen LogP contribution in [-0.2, 0) is 18.4 Å². The number of alkyl halides is 5.